The van der Waals surface area contributed by atoms with E-state index in [2.05, 4.69) is 16.1 Å². The fourth-order valence-electron chi connectivity index (χ4n) is 0.939. The molecule has 56 valence electrons. The molecule has 3 heteroatoms. The predicted molar refractivity (Wildman–Crippen MR) is 44.7 cm³/mol. The molecule has 0 aromatic carbocycles. The summed E-state index contributed by atoms with van der Waals surface area (Å²) in [6, 6.07) is 0. The van der Waals surface area contributed by atoms with Crippen molar-refractivity contribution in [3.05, 3.63) is 46.0 Å². The molecule has 0 amide bonds. The molecule has 0 aromatic rings. The molecule has 0 saturated carbocycles. The van der Waals surface area contributed by atoms with Gasteiger partial charge in [0.15, 0.2) is 0 Å². The molecule has 0 fully saturated rings. The van der Waals surface area contributed by atoms with Crippen LogP contribution in [0.15, 0.2) is 40.7 Å². The van der Waals surface area contributed by atoms with Gasteiger partial charge in [0.2, 0.25) is 0 Å². The highest BCUT2D eigenvalue weighted by Gasteiger charge is 1.94. The molecule has 0 spiro atoms. The van der Waals surface area contributed by atoms with Gasteiger partial charge in [0, 0.05) is 10.6 Å². The summed E-state index contributed by atoms with van der Waals surface area (Å²) in [6.45, 7) is 1.79. The zero-order valence-electron chi connectivity index (χ0n) is 6.36. The average Bonchev–Trinajstić information content (AvgIpc) is 2.40. The largest absolute Gasteiger partial charge is 0.0801 e. The molecule has 0 aliphatic heterocycles. The van der Waals surface area contributed by atoms with E-state index in [9.17, 15) is 0 Å². The van der Waals surface area contributed by atoms with Crippen LogP contribution in [0.4, 0.5) is 0 Å². The lowest BCUT2D eigenvalue weighted by Crippen LogP contribution is -1.72. The molecule has 3 nitrogen and oxygen atoms in total. The van der Waals surface area contributed by atoms with Gasteiger partial charge in [0.05, 0.1) is 0 Å². The Morgan fingerprint density at radius 2 is 2.64 bits per heavy atom. The van der Waals surface area contributed by atoms with E-state index < -0.39 is 0 Å². The second kappa shape index (κ2) is 3.64. The minimum Gasteiger partial charge on any atom is -0.0801 e. The molecule has 0 heterocycles. The molecule has 1 aliphatic rings. The van der Waals surface area contributed by atoms with Gasteiger partial charge in [-0.25, -0.2) is 0 Å². The van der Waals surface area contributed by atoms with Crippen molar-refractivity contribution in [2.24, 2.45) is 5.11 Å². The van der Waals surface area contributed by atoms with E-state index in [-0.39, 0.29) is 0 Å². The normalized spacial score (nSPS) is 16.1. The van der Waals surface area contributed by atoms with Crippen molar-refractivity contribution in [2.45, 2.75) is 13.3 Å². The summed E-state index contributed by atoms with van der Waals surface area (Å²) in [5.41, 5.74) is 9.99. The summed E-state index contributed by atoms with van der Waals surface area (Å²) in [5.74, 6) is 0. The second-order valence-electron chi connectivity index (χ2n) is 2.35. The Labute approximate surface area is 65.4 Å². The van der Waals surface area contributed by atoms with Gasteiger partial charge in [-0.15, -0.1) is 0 Å². The van der Waals surface area contributed by atoms with Gasteiger partial charge in [0.1, 0.15) is 0 Å². The third-order valence-corrected chi connectivity index (χ3v) is 1.40. The maximum absolute atomic E-state index is 8.09. The molecular formula is C8H9N3. The first kappa shape index (κ1) is 7.63. The van der Waals surface area contributed by atoms with Crippen LogP contribution in [0.1, 0.15) is 13.3 Å². The lowest BCUT2D eigenvalue weighted by molar-refractivity contribution is 1.23. The molecular weight excluding hydrogens is 138 g/mol. The van der Waals surface area contributed by atoms with Crippen LogP contribution in [-0.2, 0) is 0 Å². The third kappa shape index (κ3) is 2.32. The average molecular weight is 147 g/mol. The van der Waals surface area contributed by atoms with E-state index in [1.165, 1.54) is 5.57 Å². The Balaban J connectivity index is 2.65. The summed E-state index contributed by atoms with van der Waals surface area (Å²) < 4.78 is 0. The molecule has 0 saturated heterocycles. The zero-order chi connectivity index (χ0) is 8.10. The Hall–Kier alpha value is -1.47. The van der Waals surface area contributed by atoms with Crippen LogP contribution in [0.25, 0.3) is 10.4 Å². The number of hydrogen-bond acceptors (Lipinski definition) is 1. The van der Waals surface area contributed by atoms with Gasteiger partial charge < -0.3 is 0 Å². The van der Waals surface area contributed by atoms with Crippen LogP contribution in [0, 0.1) is 0 Å². The fraction of sp³-hybridized carbons (Fsp3) is 0.250. The summed E-state index contributed by atoms with van der Waals surface area (Å²) in [4.78, 5) is 2.69. The number of hydrogen-bond donors (Lipinski definition) is 0. The zero-order valence-corrected chi connectivity index (χ0v) is 6.36. The van der Waals surface area contributed by atoms with E-state index in [0.29, 0.717) is 5.70 Å². The first-order chi connectivity index (χ1) is 5.33. The molecule has 0 bridgehead atoms. The summed E-state index contributed by atoms with van der Waals surface area (Å²) >= 11 is 0. The Kier molecular flexibility index (Phi) is 2.53. The first-order valence-corrected chi connectivity index (χ1v) is 3.42. The van der Waals surface area contributed by atoms with E-state index in [1.807, 2.05) is 18.2 Å². The molecule has 0 radical (unpaired) electrons. The molecule has 1 rings (SSSR count). The number of nitrogens with zero attached hydrogens (tertiary/aromatic N) is 3. The summed E-state index contributed by atoms with van der Waals surface area (Å²) in [7, 11) is 0. The lowest BCUT2D eigenvalue weighted by atomic mass is 10.2. The van der Waals surface area contributed by atoms with Gasteiger partial charge in [0.25, 0.3) is 0 Å². The topological polar surface area (TPSA) is 48.8 Å². The van der Waals surface area contributed by atoms with Gasteiger partial charge >= 0.3 is 0 Å². The SMILES string of the molecule is C/C(=C/C1=CC=CC1)N=[N+]=[N-]. The van der Waals surface area contributed by atoms with E-state index >= 15 is 0 Å². The minimum absolute atomic E-state index is 0.711. The fourth-order valence-corrected chi connectivity index (χ4v) is 0.939. The molecule has 0 N–H and O–H groups in total. The molecule has 0 unspecified atom stereocenters. The summed E-state index contributed by atoms with van der Waals surface area (Å²) in [6.07, 6.45) is 8.90. The van der Waals surface area contributed by atoms with Crippen molar-refractivity contribution in [1.82, 2.24) is 0 Å². The molecule has 11 heavy (non-hydrogen) atoms. The lowest BCUT2D eigenvalue weighted by Gasteiger charge is -1.91. The van der Waals surface area contributed by atoms with Crippen molar-refractivity contribution in [3.8, 4) is 0 Å². The minimum atomic E-state index is 0.711. The maximum atomic E-state index is 8.09. The van der Waals surface area contributed by atoms with Crippen molar-refractivity contribution in [2.75, 3.05) is 0 Å². The quantitative estimate of drug-likeness (QED) is 0.327. The molecule has 0 atom stereocenters. The van der Waals surface area contributed by atoms with Gasteiger partial charge in [-0.05, 0) is 24.4 Å². The third-order valence-electron chi connectivity index (χ3n) is 1.40. The highest BCUT2D eigenvalue weighted by atomic mass is 15.1. The van der Waals surface area contributed by atoms with Crippen molar-refractivity contribution in [3.63, 3.8) is 0 Å². The van der Waals surface area contributed by atoms with Crippen molar-refractivity contribution < 1.29 is 0 Å². The molecule has 0 aromatic heterocycles. The highest BCUT2D eigenvalue weighted by molar-refractivity contribution is 5.33. The van der Waals surface area contributed by atoms with Crippen LogP contribution in [-0.4, -0.2) is 0 Å². The summed E-state index contributed by atoms with van der Waals surface area (Å²) in [5, 5.41) is 3.46. The number of azide groups is 1. The van der Waals surface area contributed by atoms with E-state index in [0.717, 1.165) is 6.42 Å². The van der Waals surface area contributed by atoms with Crippen molar-refractivity contribution >= 4 is 0 Å². The highest BCUT2D eigenvalue weighted by Crippen LogP contribution is 2.13. The van der Waals surface area contributed by atoms with E-state index in [4.69, 9.17) is 5.53 Å². The molecule has 1 aliphatic carbocycles. The predicted octanol–water partition coefficient (Wildman–Crippen LogP) is 3.09. The number of rotatable bonds is 2. The van der Waals surface area contributed by atoms with Gasteiger partial charge in [-0.1, -0.05) is 29.4 Å². The standard InChI is InChI=1S/C8H9N3/c1-7(10-11-9)6-8-4-2-3-5-8/h2-4,6H,5H2,1H3/b7-6-. The van der Waals surface area contributed by atoms with Crippen LogP contribution in [0.3, 0.4) is 0 Å². The van der Waals surface area contributed by atoms with Crippen LogP contribution in [0.5, 0.6) is 0 Å². The Bertz CT molecular complexity index is 278. The van der Waals surface area contributed by atoms with Crippen LogP contribution < -0.4 is 0 Å². The second-order valence-corrected chi connectivity index (χ2v) is 2.35. The number of allylic oxidation sites excluding steroid dienone is 6. The van der Waals surface area contributed by atoms with Gasteiger partial charge in [-0.3, -0.25) is 0 Å². The van der Waals surface area contributed by atoms with Crippen LogP contribution >= 0.6 is 0 Å². The Morgan fingerprint density at radius 1 is 1.82 bits per heavy atom. The maximum Gasteiger partial charge on any atom is 0.0122 e. The smallest absolute Gasteiger partial charge is 0.0122 e. The Morgan fingerprint density at radius 3 is 3.18 bits per heavy atom. The van der Waals surface area contributed by atoms with E-state index in [1.54, 1.807) is 6.92 Å². The van der Waals surface area contributed by atoms with Crippen molar-refractivity contribution in [1.29, 1.82) is 0 Å². The first-order valence-electron chi connectivity index (χ1n) is 3.42. The van der Waals surface area contributed by atoms with Crippen LogP contribution in [0.2, 0.25) is 0 Å². The monoisotopic (exact) mass is 147 g/mol. The van der Waals surface area contributed by atoms with Gasteiger partial charge in [-0.2, -0.15) is 0 Å².